The molecule has 2 rings (SSSR count). The Kier molecular flexibility index (Phi) is 2.25. The standard InChI is InChI=1S/C10H9ClN4/c1-14(2)8-3-4-9-10(7(8)5-12)13-6-15(9)11/h3-4,6H,1-2H3. The molecule has 0 unspecified atom stereocenters. The van der Waals surface area contributed by atoms with Crippen molar-refractivity contribution in [3.8, 4) is 6.07 Å². The molecule has 0 radical (unpaired) electrons. The predicted octanol–water partition coefficient (Wildman–Crippen LogP) is 1.98. The Bertz CT molecular complexity index is 550. The molecule has 4 nitrogen and oxygen atoms in total. The highest BCUT2D eigenvalue weighted by Gasteiger charge is 2.12. The smallest absolute Gasteiger partial charge is 0.111 e. The van der Waals surface area contributed by atoms with Crippen LogP contribution in [0.3, 0.4) is 0 Å². The highest BCUT2D eigenvalue weighted by molar-refractivity contribution is 6.19. The van der Waals surface area contributed by atoms with Gasteiger partial charge in [0.2, 0.25) is 0 Å². The van der Waals surface area contributed by atoms with Crippen molar-refractivity contribution < 1.29 is 0 Å². The summed E-state index contributed by atoms with van der Waals surface area (Å²) < 4.78 is 1.38. The predicted molar refractivity (Wildman–Crippen MR) is 60.0 cm³/mol. The monoisotopic (exact) mass is 220 g/mol. The van der Waals surface area contributed by atoms with Crippen LogP contribution in [0.25, 0.3) is 11.0 Å². The van der Waals surface area contributed by atoms with E-state index < -0.39 is 0 Å². The number of imidazole rings is 1. The van der Waals surface area contributed by atoms with Crippen LogP contribution in [0.5, 0.6) is 0 Å². The van der Waals surface area contributed by atoms with Crippen molar-refractivity contribution in [2.45, 2.75) is 0 Å². The van der Waals surface area contributed by atoms with Crippen LogP contribution in [0.15, 0.2) is 18.5 Å². The Labute approximate surface area is 92.4 Å². The molecule has 15 heavy (non-hydrogen) atoms. The Morgan fingerprint density at radius 2 is 2.20 bits per heavy atom. The minimum atomic E-state index is 0.553. The van der Waals surface area contributed by atoms with Crippen LogP contribution in [0.1, 0.15) is 5.56 Å². The van der Waals surface area contributed by atoms with E-state index in [0.29, 0.717) is 11.1 Å². The summed E-state index contributed by atoms with van der Waals surface area (Å²) >= 11 is 5.86. The fourth-order valence-corrected chi connectivity index (χ4v) is 1.71. The lowest BCUT2D eigenvalue weighted by Gasteiger charge is -2.13. The lowest BCUT2D eigenvalue weighted by atomic mass is 10.1. The fraction of sp³-hybridized carbons (Fsp3) is 0.200. The number of nitrogens with zero attached hydrogens (tertiary/aromatic N) is 4. The number of aromatic nitrogens is 2. The molecule has 0 aliphatic carbocycles. The summed E-state index contributed by atoms with van der Waals surface area (Å²) in [5, 5.41) is 9.11. The van der Waals surface area contributed by atoms with Crippen LogP contribution < -0.4 is 4.90 Å². The van der Waals surface area contributed by atoms with Gasteiger partial charge >= 0.3 is 0 Å². The molecule has 0 saturated heterocycles. The van der Waals surface area contributed by atoms with Crippen molar-refractivity contribution in [3.63, 3.8) is 0 Å². The lowest BCUT2D eigenvalue weighted by Crippen LogP contribution is -2.10. The van der Waals surface area contributed by atoms with Crippen LogP contribution in [0, 0.1) is 11.3 Å². The molecule has 1 heterocycles. The minimum absolute atomic E-state index is 0.553. The number of anilines is 1. The molecule has 0 saturated carbocycles. The van der Waals surface area contributed by atoms with Crippen LogP contribution >= 0.6 is 11.8 Å². The molecular weight excluding hydrogens is 212 g/mol. The van der Waals surface area contributed by atoms with E-state index in [1.54, 1.807) is 0 Å². The van der Waals surface area contributed by atoms with Crippen LogP contribution in [0.4, 0.5) is 5.69 Å². The molecule has 5 heteroatoms. The number of rotatable bonds is 1. The SMILES string of the molecule is CN(C)c1ccc2c(ncn2Cl)c1C#N. The first-order chi connectivity index (χ1) is 7.15. The van der Waals surface area contributed by atoms with Gasteiger partial charge in [0.15, 0.2) is 0 Å². The van der Waals surface area contributed by atoms with E-state index in [-0.39, 0.29) is 0 Å². The molecule has 2 aromatic rings. The summed E-state index contributed by atoms with van der Waals surface area (Å²) in [6.45, 7) is 0. The zero-order valence-electron chi connectivity index (χ0n) is 8.40. The first-order valence-electron chi connectivity index (χ1n) is 4.38. The number of hydrogen-bond acceptors (Lipinski definition) is 3. The third-order valence-corrected chi connectivity index (χ3v) is 2.52. The largest absolute Gasteiger partial charge is 0.377 e. The first kappa shape index (κ1) is 9.81. The van der Waals surface area contributed by atoms with Gasteiger partial charge in [0, 0.05) is 25.9 Å². The van der Waals surface area contributed by atoms with Crippen molar-refractivity contribution in [3.05, 3.63) is 24.0 Å². The van der Waals surface area contributed by atoms with Gasteiger partial charge in [0.1, 0.15) is 23.5 Å². The second-order valence-electron chi connectivity index (χ2n) is 3.39. The number of hydrogen-bond donors (Lipinski definition) is 0. The maximum atomic E-state index is 9.11. The van der Waals surface area contributed by atoms with Gasteiger partial charge in [0.05, 0.1) is 11.2 Å². The molecule has 0 amide bonds. The minimum Gasteiger partial charge on any atom is -0.377 e. The van der Waals surface area contributed by atoms with Gasteiger partial charge in [-0.2, -0.15) is 5.26 Å². The first-order valence-corrected chi connectivity index (χ1v) is 4.72. The molecule has 0 fully saturated rings. The van der Waals surface area contributed by atoms with Crippen LogP contribution in [-0.2, 0) is 0 Å². The second-order valence-corrected chi connectivity index (χ2v) is 3.75. The summed E-state index contributed by atoms with van der Waals surface area (Å²) in [6, 6.07) is 5.87. The van der Waals surface area contributed by atoms with E-state index in [0.717, 1.165) is 11.2 Å². The molecule has 1 aromatic carbocycles. The molecule has 0 bridgehead atoms. The fourth-order valence-electron chi connectivity index (χ4n) is 1.53. The summed E-state index contributed by atoms with van der Waals surface area (Å²) in [5.41, 5.74) is 2.79. The number of halogens is 1. The lowest BCUT2D eigenvalue weighted by molar-refractivity contribution is 1.13. The molecular formula is C10H9ClN4. The summed E-state index contributed by atoms with van der Waals surface area (Å²) in [5.74, 6) is 0. The number of nitriles is 1. The molecule has 1 aromatic heterocycles. The number of fused-ring (bicyclic) bond motifs is 1. The molecule has 0 atom stereocenters. The Balaban J connectivity index is 2.84. The van der Waals surface area contributed by atoms with E-state index in [2.05, 4.69) is 11.1 Å². The van der Waals surface area contributed by atoms with Gasteiger partial charge in [-0.15, -0.1) is 0 Å². The third-order valence-electron chi connectivity index (χ3n) is 2.25. The number of benzene rings is 1. The Morgan fingerprint density at radius 3 is 2.80 bits per heavy atom. The Morgan fingerprint density at radius 1 is 1.47 bits per heavy atom. The third kappa shape index (κ3) is 1.41. The summed E-state index contributed by atoms with van der Waals surface area (Å²) in [6.07, 6.45) is 1.49. The van der Waals surface area contributed by atoms with Crippen molar-refractivity contribution in [1.29, 1.82) is 5.26 Å². The normalized spacial score (nSPS) is 10.3. The molecule has 0 aliphatic rings. The maximum Gasteiger partial charge on any atom is 0.111 e. The van der Waals surface area contributed by atoms with Gasteiger partial charge in [-0.05, 0) is 12.1 Å². The maximum absolute atomic E-state index is 9.11. The van der Waals surface area contributed by atoms with E-state index in [4.69, 9.17) is 17.0 Å². The second kappa shape index (κ2) is 3.44. The van der Waals surface area contributed by atoms with Crippen molar-refractivity contribution in [2.75, 3.05) is 19.0 Å². The van der Waals surface area contributed by atoms with Crippen molar-refractivity contribution >= 4 is 28.5 Å². The topological polar surface area (TPSA) is 44.9 Å². The Hall–Kier alpha value is -1.73. The van der Waals surface area contributed by atoms with Crippen molar-refractivity contribution in [2.24, 2.45) is 0 Å². The van der Waals surface area contributed by atoms with E-state index >= 15 is 0 Å². The van der Waals surface area contributed by atoms with Gasteiger partial charge in [-0.25, -0.2) is 9.07 Å². The van der Waals surface area contributed by atoms with Gasteiger partial charge in [-0.3, -0.25) is 0 Å². The van der Waals surface area contributed by atoms with Gasteiger partial charge < -0.3 is 4.90 Å². The zero-order chi connectivity index (χ0) is 11.0. The summed E-state index contributed by atoms with van der Waals surface area (Å²) in [4.78, 5) is 5.99. The summed E-state index contributed by atoms with van der Waals surface area (Å²) in [7, 11) is 3.78. The van der Waals surface area contributed by atoms with E-state index in [1.807, 2.05) is 31.1 Å². The van der Waals surface area contributed by atoms with E-state index in [1.165, 1.54) is 10.4 Å². The quantitative estimate of drug-likeness (QED) is 0.738. The van der Waals surface area contributed by atoms with E-state index in [9.17, 15) is 0 Å². The zero-order valence-corrected chi connectivity index (χ0v) is 9.15. The van der Waals surface area contributed by atoms with Crippen molar-refractivity contribution in [1.82, 2.24) is 9.07 Å². The molecule has 0 spiro atoms. The highest BCUT2D eigenvalue weighted by atomic mass is 35.5. The van der Waals surface area contributed by atoms with Crippen LogP contribution in [-0.4, -0.2) is 23.2 Å². The average Bonchev–Trinajstić information content (AvgIpc) is 2.59. The molecule has 0 aliphatic heterocycles. The average molecular weight is 221 g/mol. The molecule has 0 N–H and O–H groups in total. The van der Waals surface area contributed by atoms with Gasteiger partial charge in [-0.1, -0.05) is 0 Å². The van der Waals surface area contributed by atoms with Gasteiger partial charge in [0.25, 0.3) is 0 Å². The molecule has 76 valence electrons. The van der Waals surface area contributed by atoms with Crippen LogP contribution in [0.2, 0.25) is 0 Å². The highest BCUT2D eigenvalue weighted by Crippen LogP contribution is 2.26.